The van der Waals surface area contributed by atoms with Crippen LogP contribution >= 0.6 is 0 Å². The predicted octanol–water partition coefficient (Wildman–Crippen LogP) is 0.932. The highest BCUT2D eigenvalue weighted by atomic mass is 16.6. The number of carbonyl (C=O) groups excluding carboxylic acids is 1. The van der Waals surface area contributed by atoms with Gasteiger partial charge in [-0.25, -0.2) is 0 Å². The highest BCUT2D eigenvalue weighted by Gasteiger charge is 2.29. The minimum atomic E-state index is -0.552. The molecule has 1 aromatic rings. The third-order valence-electron chi connectivity index (χ3n) is 4.30. The molecule has 2 aliphatic rings. The Kier molecular flexibility index (Phi) is 4.44. The van der Waals surface area contributed by atoms with E-state index in [2.05, 4.69) is 22.2 Å². The number of non-ortho nitro benzene ring substituents is 1. The quantitative estimate of drug-likeness (QED) is 0.656. The van der Waals surface area contributed by atoms with Crippen LogP contribution in [0.1, 0.15) is 6.42 Å². The smallest absolute Gasteiger partial charge is 0.271 e. The Morgan fingerprint density at radius 3 is 2.78 bits per heavy atom. The fourth-order valence-electron chi connectivity index (χ4n) is 2.81. The van der Waals surface area contributed by atoms with Gasteiger partial charge in [0.15, 0.2) is 6.10 Å². The van der Waals surface area contributed by atoms with Crippen molar-refractivity contribution in [1.29, 1.82) is 0 Å². The van der Waals surface area contributed by atoms with Gasteiger partial charge in [-0.15, -0.1) is 0 Å². The Morgan fingerprint density at radius 2 is 2.09 bits per heavy atom. The second-order valence-corrected chi connectivity index (χ2v) is 5.97. The fourth-order valence-corrected chi connectivity index (χ4v) is 2.81. The molecular weight excluding hydrogens is 300 g/mol. The standard InChI is InChI=1S/C15H20N4O4/c1-17-6-8-18(9-7-17)5-4-14-15(20)16-12-10-11(19(21)22)2-3-13(12)23-14/h2-3,10,14H,4-9H2,1H3,(H,16,20)/t14-/m1/s1. The molecule has 1 fully saturated rings. The minimum absolute atomic E-state index is 0.0662. The van der Waals surface area contributed by atoms with Crippen LogP contribution in [-0.4, -0.2) is 66.5 Å². The molecule has 0 radical (unpaired) electrons. The summed E-state index contributed by atoms with van der Waals surface area (Å²) in [5.41, 5.74) is 0.295. The van der Waals surface area contributed by atoms with Crippen molar-refractivity contribution in [3.05, 3.63) is 28.3 Å². The molecule has 2 aliphatic heterocycles. The molecule has 124 valence electrons. The fraction of sp³-hybridized carbons (Fsp3) is 0.533. The van der Waals surface area contributed by atoms with Gasteiger partial charge in [-0.1, -0.05) is 0 Å². The Labute approximate surface area is 134 Å². The van der Waals surface area contributed by atoms with Crippen LogP contribution in [0.3, 0.4) is 0 Å². The van der Waals surface area contributed by atoms with Crippen molar-refractivity contribution in [1.82, 2.24) is 9.80 Å². The van der Waals surface area contributed by atoms with Gasteiger partial charge in [-0.2, -0.15) is 0 Å². The number of nitro benzene ring substituents is 1. The number of hydrogen-bond donors (Lipinski definition) is 1. The molecule has 1 aromatic carbocycles. The molecule has 8 heteroatoms. The van der Waals surface area contributed by atoms with Crippen molar-refractivity contribution in [2.24, 2.45) is 0 Å². The minimum Gasteiger partial charge on any atom is -0.478 e. The van der Waals surface area contributed by atoms with Gasteiger partial charge in [-0.05, 0) is 13.1 Å². The average molecular weight is 320 g/mol. The molecule has 0 aliphatic carbocycles. The maximum absolute atomic E-state index is 12.1. The lowest BCUT2D eigenvalue weighted by Gasteiger charge is -2.33. The number of nitrogens with zero attached hydrogens (tertiary/aromatic N) is 3. The summed E-state index contributed by atoms with van der Waals surface area (Å²) in [4.78, 5) is 27.0. The van der Waals surface area contributed by atoms with Crippen LogP contribution in [0.2, 0.25) is 0 Å². The molecule has 0 saturated carbocycles. The van der Waals surface area contributed by atoms with E-state index in [4.69, 9.17) is 4.74 Å². The average Bonchev–Trinajstić information content (AvgIpc) is 2.53. The van der Waals surface area contributed by atoms with Crippen LogP contribution in [0.25, 0.3) is 0 Å². The van der Waals surface area contributed by atoms with Crippen molar-refractivity contribution in [3.8, 4) is 5.75 Å². The largest absolute Gasteiger partial charge is 0.478 e. The predicted molar refractivity (Wildman–Crippen MR) is 84.7 cm³/mol. The van der Waals surface area contributed by atoms with E-state index >= 15 is 0 Å². The van der Waals surface area contributed by atoms with Crippen LogP contribution in [0.15, 0.2) is 18.2 Å². The second kappa shape index (κ2) is 6.51. The van der Waals surface area contributed by atoms with E-state index in [0.717, 1.165) is 32.7 Å². The highest BCUT2D eigenvalue weighted by Crippen LogP contribution is 2.33. The summed E-state index contributed by atoms with van der Waals surface area (Å²) in [6.45, 7) is 4.85. The maximum Gasteiger partial charge on any atom is 0.271 e. The van der Waals surface area contributed by atoms with Crippen molar-refractivity contribution in [2.45, 2.75) is 12.5 Å². The second-order valence-electron chi connectivity index (χ2n) is 5.97. The number of amides is 1. The zero-order valence-electron chi connectivity index (χ0n) is 13.0. The lowest BCUT2D eigenvalue weighted by atomic mass is 10.1. The number of piperazine rings is 1. The molecule has 8 nitrogen and oxygen atoms in total. The molecule has 23 heavy (non-hydrogen) atoms. The van der Waals surface area contributed by atoms with Gasteiger partial charge in [0.1, 0.15) is 5.75 Å². The Hall–Kier alpha value is -2.19. The Balaban J connectivity index is 1.60. The first-order chi connectivity index (χ1) is 11.0. The third kappa shape index (κ3) is 3.59. The summed E-state index contributed by atoms with van der Waals surface area (Å²) < 4.78 is 5.72. The zero-order chi connectivity index (χ0) is 16.4. The molecule has 2 heterocycles. The van der Waals surface area contributed by atoms with Crippen molar-refractivity contribution in [3.63, 3.8) is 0 Å². The van der Waals surface area contributed by atoms with Gasteiger partial charge in [0.2, 0.25) is 0 Å². The summed E-state index contributed by atoms with van der Waals surface area (Å²) in [7, 11) is 2.10. The number of ether oxygens (including phenoxy) is 1. The van der Waals surface area contributed by atoms with Crippen molar-refractivity contribution < 1.29 is 14.5 Å². The lowest BCUT2D eigenvalue weighted by Crippen LogP contribution is -2.46. The van der Waals surface area contributed by atoms with Gasteiger partial charge in [0, 0.05) is 51.3 Å². The van der Waals surface area contributed by atoms with Crippen LogP contribution < -0.4 is 10.1 Å². The highest BCUT2D eigenvalue weighted by molar-refractivity contribution is 5.98. The molecule has 0 unspecified atom stereocenters. The summed E-state index contributed by atoms with van der Waals surface area (Å²) in [6.07, 6.45) is 0.0509. The lowest BCUT2D eigenvalue weighted by molar-refractivity contribution is -0.384. The number of likely N-dealkylation sites (N-methyl/N-ethyl adjacent to an activating group) is 1. The molecule has 1 atom stereocenters. The number of nitro groups is 1. The SMILES string of the molecule is CN1CCN(CC[C@H]2Oc3ccc([N+](=O)[O-])cc3NC2=O)CC1. The van der Waals surface area contributed by atoms with E-state index in [1.165, 1.54) is 18.2 Å². The first-order valence-electron chi connectivity index (χ1n) is 7.70. The number of anilines is 1. The van der Waals surface area contributed by atoms with Crippen LogP contribution in [0.5, 0.6) is 5.75 Å². The van der Waals surface area contributed by atoms with E-state index in [1.807, 2.05) is 0 Å². The molecular formula is C15H20N4O4. The number of nitrogens with one attached hydrogen (secondary N) is 1. The number of hydrogen-bond acceptors (Lipinski definition) is 6. The molecule has 1 N–H and O–H groups in total. The van der Waals surface area contributed by atoms with E-state index in [9.17, 15) is 14.9 Å². The van der Waals surface area contributed by atoms with Gasteiger partial charge in [-0.3, -0.25) is 14.9 Å². The molecule has 0 bridgehead atoms. The molecule has 1 amide bonds. The molecule has 0 spiro atoms. The summed E-state index contributed by atoms with van der Waals surface area (Å²) in [5.74, 6) is 0.241. The first kappa shape index (κ1) is 15.7. The zero-order valence-corrected chi connectivity index (χ0v) is 13.0. The van der Waals surface area contributed by atoms with Gasteiger partial charge < -0.3 is 19.9 Å². The van der Waals surface area contributed by atoms with Gasteiger partial charge in [0.05, 0.1) is 10.6 Å². The topological polar surface area (TPSA) is 87.9 Å². The Morgan fingerprint density at radius 1 is 1.35 bits per heavy atom. The molecule has 0 aromatic heterocycles. The number of carbonyl (C=O) groups is 1. The van der Waals surface area contributed by atoms with Crippen LogP contribution in [-0.2, 0) is 4.79 Å². The normalized spacial score (nSPS) is 22.1. The van der Waals surface area contributed by atoms with E-state index in [1.54, 1.807) is 0 Å². The first-order valence-corrected chi connectivity index (χ1v) is 7.70. The summed E-state index contributed by atoms with van der Waals surface area (Å²) in [6, 6.07) is 4.24. The molecule has 3 rings (SSSR count). The maximum atomic E-state index is 12.1. The van der Waals surface area contributed by atoms with E-state index < -0.39 is 11.0 Å². The number of benzene rings is 1. The van der Waals surface area contributed by atoms with E-state index in [-0.39, 0.29) is 11.6 Å². The summed E-state index contributed by atoms with van der Waals surface area (Å²) in [5, 5.41) is 13.5. The molecule has 1 saturated heterocycles. The number of fused-ring (bicyclic) bond motifs is 1. The van der Waals surface area contributed by atoms with Gasteiger partial charge >= 0.3 is 0 Å². The Bertz CT molecular complexity index is 613. The monoisotopic (exact) mass is 320 g/mol. The third-order valence-corrected chi connectivity index (χ3v) is 4.30. The van der Waals surface area contributed by atoms with E-state index in [0.29, 0.717) is 17.9 Å². The summed E-state index contributed by atoms with van der Waals surface area (Å²) >= 11 is 0. The van der Waals surface area contributed by atoms with Crippen molar-refractivity contribution in [2.75, 3.05) is 45.1 Å². The van der Waals surface area contributed by atoms with Crippen LogP contribution in [0, 0.1) is 10.1 Å². The van der Waals surface area contributed by atoms with Crippen LogP contribution in [0.4, 0.5) is 11.4 Å². The van der Waals surface area contributed by atoms with Gasteiger partial charge in [0.25, 0.3) is 11.6 Å². The van der Waals surface area contributed by atoms with Crippen molar-refractivity contribution >= 4 is 17.3 Å². The number of rotatable bonds is 4.